The van der Waals surface area contributed by atoms with Crippen molar-refractivity contribution >= 4 is 22.8 Å². The highest BCUT2D eigenvalue weighted by Crippen LogP contribution is 2.24. The zero-order chi connectivity index (χ0) is 16.3. The molecule has 0 aliphatic rings. The lowest BCUT2D eigenvalue weighted by atomic mass is 10.2. The summed E-state index contributed by atoms with van der Waals surface area (Å²) in [7, 11) is 0. The first-order valence-corrected chi connectivity index (χ1v) is 6.72. The summed E-state index contributed by atoms with van der Waals surface area (Å²) in [6, 6.07) is 5.07. The van der Waals surface area contributed by atoms with E-state index in [-0.39, 0.29) is 6.04 Å². The van der Waals surface area contributed by atoms with Crippen LogP contribution in [0.5, 0.6) is 5.75 Å². The molecule has 0 aliphatic carbocycles. The van der Waals surface area contributed by atoms with Gasteiger partial charge in [-0.3, -0.25) is 4.68 Å². The fraction of sp³-hybridized carbons (Fsp3) is 0.267. The molecule has 0 fully saturated rings. The van der Waals surface area contributed by atoms with Crippen LogP contribution in [0.4, 0.5) is 0 Å². The summed E-state index contributed by atoms with van der Waals surface area (Å²) in [5.41, 5.74) is 7.47. The number of esters is 1. The number of fused-ring (bicyclic) bond motifs is 1. The van der Waals surface area contributed by atoms with E-state index in [0.29, 0.717) is 12.3 Å². The molecule has 0 saturated carbocycles. The SMILES string of the molecule is Cc1nn(CC(C)N)c2cc(OC(=O)/C=C/C(=O)O)ccc12. The Morgan fingerprint density at radius 3 is 2.82 bits per heavy atom. The standard InChI is InChI=1S/C15H17N3O4/c1-9(16)8-18-13-7-11(3-4-12(13)10(2)17-18)22-15(21)6-5-14(19)20/h3-7,9H,8,16H2,1-2H3,(H,19,20)/b6-5+. The smallest absolute Gasteiger partial charge is 0.336 e. The molecule has 1 unspecified atom stereocenters. The Morgan fingerprint density at radius 1 is 1.45 bits per heavy atom. The minimum atomic E-state index is -1.21. The van der Waals surface area contributed by atoms with Crippen molar-refractivity contribution in [2.45, 2.75) is 26.4 Å². The predicted octanol–water partition coefficient (Wildman–Crippen LogP) is 1.24. The van der Waals surface area contributed by atoms with Crippen LogP contribution in [0.3, 0.4) is 0 Å². The molecule has 0 bridgehead atoms. The number of carbonyl (C=O) groups is 2. The van der Waals surface area contributed by atoms with Crippen molar-refractivity contribution in [3.05, 3.63) is 36.0 Å². The molecule has 2 rings (SSSR count). The summed E-state index contributed by atoms with van der Waals surface area (Å²) in [6.07, 6.45) is 1.59. The molecule has 0 spiro atoms. The zero-order valence-corrected chi connectivity index (χ0v) is 12.3. The number of benzene rings is 1. The fourth-order valence-corrected chi connectivity index (χ4v) is 2.08. The molecule has 1 atom stereocenters. The Hall–Kier alpha value is -2.67. The number of carbonyl (C=O) groups excluding carboxylic acids is 1. The molecule has 0 amide bonds. The second-order valence-electron chi connectivity index (χ2n) is 5.02. The van der Waals surface area contributed by atoms with Gasteiger partial charge in [0.15, 0.2) is 0 Å². The van der Waals surface area contributed by atoms with Crippen LogP contribution in [0.15, 0.2) is 30.4 Å². The minimum absolute atomic E-state index is 0.0628. The highest BCUT2D eigenvalue weighted by Gasteiger charge is 2.11. The van der Waals surface area contributed by atoms with E-state index >= 15 is 0 Å². The highest BCUT2D eigenvalue weighted by molar-refractivity contribution is 5.92. The van der Waals surface area contributed by atoms with Crippen LogP contribution in [0.2, 0.25) is 0 Å². The monoisotopic (exact) mass is 303 g/mol. The summed E-state index contributed by atoms with van der Waals surface area (Å²) < 4.78 is 6.84. The van der Waals surface area contributed by atoms with Crippen molar-refractivity contribution in [2.24, 2.45) is 5.73 Å². The van der Waals surface area contributed by atoms with E-state index in [0.717, 1.165) is 28.7 Å². The van der Waals surface area contributed by atoms with Crippen molar-refractivity contribution in [2.75, 3.05) is 0 Å². The molecule has 0 saturated heterocycles. The van der Waals surface area contributed by atoms with Gasteiger partial charge in [-0.2, -0.15) is 5.10 Å². The molecule has 22 heavy (non-hydrogen) atoms. The summed E-state index contributed by atoms with van der Waals surface area (Å²) in [5.74, 6) is -1.65. The van der Waals surface area contributed by atoms with E-state index < -0.39 is 11.9 Å². The Bertz CT molecular complexity index is 747. The van der Waals surface area contributed by atoms with E-state index in [1.165, 1.54) is 0 Å². The van der Waals surface area contributed by atoms with Gasteiger partial charge in [-0.25, -0.2) is 9.59 Å². The summed E-state index contributed by atoms with van der Waals surface area (Å²) in [5, 5.41) is 13.8. The molecule has 1 aromatic carbocycles. The topological polar surface area (TPSA) is 107 Å². The van der Waals surface area contributed by atoms with Gasteiger partial charge in [-0.05, 0) is 26.0 Å². The van der Waals surface area contributed by atoms with Crippen LogP contribution < -0.4 is 10.5 Å². The summed E-state index contributed by atoms with van der Waals surface area (Å²) in [4.78, 5) is 21.9. The third kappa shape index (κ3) is 3.70. The quantitative estimate of drug-likeness (QED) is 0.489. The third-order valence-corrected chi connectivity index (χ3v) is 2.95. The largest absolute Gasteiger partial charge is 0.478 e. The van der Waals surface area contributed by atoms with E-state index in [1.54, 1.807) is 22.9 Å². The first-order valence-electron chi connectivity index (χ1n) is 6.72. The number of ether oxygens (including phenoxy) is 1. The molecule has 1 heterocycles. The molecular weight excluding hydrogens is 286 g/mol. The van der Waals surface area contributed by atoms with Crippen molar-refractivity contribution in [1.29, 1.82) is 0 Å². The van der Waals surface area contributed by atoms with Crippen LogP contribution in [-0.4, -0.2) is 32.9 Å². The van der Waals surface area contributed by atoms with Gasteiger partial charge >= 0.3 is 11.9 Å². The maximum atomic E-state index is 11.5. The molecule has 7 heteroatoms. The first kappa shape index (κ1) is 15.7. The van der Waals surface area contributed by atoms with Gasteiger partial charge in [0, 0.05) is 29.6 Å². The van der Waals surface area contributed by atoms with E-state index in [2.05, 4.69) is 5.10 Å². The lowest BCUT2D eigenvalue weighted by Gasteiger charge is -2.07. The minimum Gasteiger partial charge on any atom is -0.478 e. The Morgan fingerprint density at radius 2 is 2.18 bits per heavy atom. The van der Waals surface area contributed by atoms with Crippen LogP contribution in [0.25, 0.3) is 10.9 Å². The number of nitrogens with two attached hydrogens (primary N) is 1. The van der Waals surface area contributed by atoms with Crippen LogP contribution in [0, 0.1) is 6.92 Å². The van der Waals surface area contributed by atoms with E-state index in [9.17, 15) is 9.59 Å². The molecule has 1 aromatic heterocycles. The summed E-state index contributed by atoms with van der Waals surface area (Å²) >= 11 is 0. The second kappa shape index (κ2) is 6.40. The maximum absolute atomic E-state index is 11.5. The van der Waals surface area contributed by atoms with Crippen LogP contribution in [0.1, 0.15) is 12.6 Å². The van der Waals surface area contributed by atoms with E-state index in [1.807, 2.05) is 13.8 Å². The third-order valence-electron chi connectivity index (χ3n) is 2.95. The van der Waals surface area contributed by atoms with Crippen molar-refractivity contribution < 1.29 is 19.4 Å². The Kier molecular flexibility index (Phi) is 4.57. The lowest BCUT2D eigenvalue weighted by molar-refractivity contribution is -0.133. The average Bonchev–Trinajstić information content (AvgIpc) is 2.72. The number of hydrogen-bond acceptors (Lipinski definition) is 5. The number of aromatic nitrogens is 2. The van der Waals surface area contributed by atoms with Gasteiger partial charge in [-0.1, -0.05) is 0 Å². The van der Waals surface area contributed by atoms with Crippen LogP contribution in [-0.2, 0) is 16.1 Å². The lowest BCUT2D eigenvalue weighted by Crippen LogP contribution is -2.22. The highest BCUT2D eigenvalue weighted by atomic mass is 16.5. The van der Waals surface area contributed by atoms with Crippen molar-refractivity contribution in [1.82, 2.24) is 9.78 Å². The van der Waals surface area contributed by atoms with Gasteiger partial charge < -0.3 is 15.6 Å². The zero-order valence-electron chi connectivity index (χ0n) is 12.3. The predicted molar refractivity (Wildman–Crippen MR) is 80.5 cm³/mol. The van der Waals surface area contributed by atoms with Gasteiger partial charge in [0.05, 0.1) is 17.8 Å². The number of rotatable bonds is 5. The van der Waals surface area contributed by atoms with Gasteiger partial charge in [0.25, 0.3) is 0 Å². The second-order valence-corrected chi connectivity index (χ2v) is 5.02. The Balaban J connectivity index is 2.29. The molecule has 0 radical (unpaired) electrons. The van der Waals surface area contributed by atoms with E-state index in [4.69, 9.17) is 15.6 Å². The van der Waals surface area contributed by atoms with Gasteiger partial charge in [-0.15, -0.1) is 0 Å². The number of nitrogens with zero attached hydrogens (tertiary/aromatic N) is 2. The average molecular weight is 303 g/mol. The number of aliphatic carboxylic acids is 1. The van der Waals surface area contributed by atoms with Gasteiger partial charge in [0.2, 0.25) is 0 Å². The summed E-state index contributed by atoms with van der Waals surface area (Å²) in [6.45, 7) is 4.31. The number of carboxylic acid groups (broad SMARTS) is 1. The first-order chi connectivity index (χ1) is 10.4. The number of aryl methyl sites for hydroxylation is 1. The molecule has 0 aliphatic heterocycles. The molecule has 116 valence electrons. The fourth-order valence-electron chi connectivity index (χ4n) is 2.08. The molecular formula is C15H17N3O4. The molecule has 3 N–H and O–H groups in total. The van der Waals surface area contributed by atoms with Crippen LogP contribution >= 0.6 is 0 Å². The number of carboxylic acids is 1. The molecule has 7 nitrogen and oxygen atoms in total. The van der Waals surface area contributed by atoms with Crippen molar-refractivity contribution in [3.8, 4) is 5.75 Å². The number of hydrogen-bond donors (Lipinski definition) is 2. The normalized spacial score (nSPS) is 12.7. The Labute approximate surface area is 127 Å². The van der Waals surface area contributed by atoms with Crippen molar-refractivity contribution in [3.63, 3.8) is 0 Å². The van der Waals surface area contributed by atoms with Gasteiger partial charge in [0.1, 0.15) is 5.75 Å². The molecule has 2 aromatic rings. The maximum Gasteiger partial charge on any atom is 0.336 e.